The number of nitrogens with one attached hydrogen (secondary N) is 1. The monoisotopic (exact) mass is 312 g/mol. The van der Waals surface area contributed by atoms with E-state index in [2.05, 4.69) is 10.5 Å². The van der Waals surface area contributed by atoms with E-state index in [1.54, 1.807) is 0 Å². The van der Waals surface area contributed by atoms with Crippen LogP contribution in [0.1, 0.15) is 16.7 Å². The molecule has 21 heavy (non-hydrogen) atoms. The molecular formula is C15H12ClF3N2. The van der Waals surface area contributed by atoms with Crippen LogP contribution in [0.5, 0.6) is 0 Å². The van der Waals surface area contributed by atoms with Gasteiger partial charge in [0.15, 0.2) is 0 Å². The number of hydrogen-bond donors (Lipinski definition) is 1. The van der Waals surface area contributed by atoms with Gasteiger partial charge in [-0.3, -0.25) is 5.43 Å². The molecule has 0 saturated carbocycles. The number of benzene rings is 2. The van der Waals surface area contributed by atoms with Crippen molar-refractivity contribution in [3.63, 3.8) is 0 Å². The van der Waals surface area contributed by atoms with E-state index in [0.717, 1.165) is 23.3 Å². The first-order valence-corrected chi connectivity index (χ1v) is 6.46. The van der Waals surface area contributed by atoms with Crippen molar-refractivity contribution < 1.29 is 13.2 Å². The first kappa shape index (κ1) is 15.4. The Morgan fingerprint density at radius 3 is 2.38 bits per heavy atom. The zero-order valence-electron chi connectivity index (χ0n) is 11.1. The molecule has 2 nitrogen and oxygen atoms in total. The van der Waals surface area contributed by atoms with Crippen LogP contribution in [-0.4, -0.2) is 6.21 Å². The summed E-state index contributed by atoms with van der Waals surface area (Å²) in [5.41, 5.74) is 3.80. The lowest BCUT2D eigenvalue weighted by molar-refractivity contribution is -0.137. The van der Waals surface area contributed by atoms with Gasteiger partial charge in [0.25, 0.3) is 0 Å². The molecule has 0 atom stereocenters. The molecule has 0 saturated heterocycles. The molecule has 0 unspecified atom stereocenters. The minimum absolute atomic E-state index is 0.106. The number of halogens is 4. The molecule has 0 bridgehead atoms. The van der Waals surface area contributed by atoms with Crippen LogP contribution in [-0.2, 0) is 6.18 Å². The molecule has 0 amide bonds. The summed E-state index contributed by atoms with van der Waals surface area (Å²) in [6.45, 7) is 1.96. The average Bonchev–Trinajstić information content (AvgIpc) is 2.42. The molecule has 110 valence electrons. The second-order valence-electron chi connectivity index (χ2n) is 4.47. The predicted molar refractivity (Wildman–Crippen MR) is 78.8 cm³/mol. The number of rotatable bonds is 3. The molecule has 2 rings (SSSR count). The topological polar surface area (TPSA) is 24.4 Å². The first-order valence-electron chi connectivity index (χ1n) is 6.09. The van der Waals surface area contributed by atoms with Gasteiger partial charge in [-0.05, 0) is 30.7 Å². The zero-order chi connectivity index (χ0) is 15.5. The lowest BCUT2D eigenvalue weighted by Crippen LogP contribution is -2.05. The van der Waals surface area contributed by atoms with Gasteiger partial charge in [0.1, 0.15) is 0 Å². The molecule has 1 N–H and O–H groups in total. The van der Waals surface area contributed by atoms with Crippen molar-refractivity contribution in [1.29, 1.82) is 0 Å². The second-order valence-corrected chi connectivity index (χ2v) is 4.88. The van der Waals surface area contributed by atoms with Gasteiger partial charge in [-0.15, -0.1) is 0 Å². The maximum atomic E-state index is 12.6. The molecule has 0 aliphatic heterocycles. The molecule has 0 aromatic heterocycles. The van der Waals surface area contributed by atoms with Gasteiger partial charge in [0.05, 0.1) is 22.5 Å². The van der Waals surface area contributed by atoms with Gasteiger partial charge < -0.3 is 0 Å². The van der Waals surface area contributed by atoms with Crippen molar-refractivity contribution in [2.45, 2.75) is 13.1 Å². The molecule has 0 radical (unpaired) electrons. The summed E-state index contributed by atoms with van der Waals surface area (Å²) in [7, 11) is 0. The summed E-state index contributed by atoms with van der Waals surface area (Å²) in [6.07, 6.45) is -2.91. The van der Waals surface area contributed by atoms with E-state index in [1.807, 2.05) is 31.2 Å². The van der Waals surface area contributed by atoms with Crippen molar-refractivity contribution in [2.75, 3.05) is 5.43 Å². The molecule has 2 aromatic rings. The quantitative estimate of drug-likeness (QED) is 0.618. The fourth-order valence-corrected chi connectivity index (χ4v) is 1.78. The number of alkyl halides is 3. The minimum atomic E-state index is -4.41. The van der Waals surface area contributed by atoms with Crippen molar-refractivity contribution in [2.24, 2.45) is 5.10 Å². The van der Waals surface area contributed by atoms with Crippen LogP contribution >= 0.6 is 11.6 Å². The summed E-state index contributed by atoms with van der Waals surface area (Å²) >= 11 is 5.85. The fraction of sp³-hybridized carbons (Fsp3) is 0.133. The standard InChI is InChI=1S/C15H12ClF3N2/c1-10-2-4-11(5-3-10)9-20-21-14-8-12(15(17,18)19)6-7-13(14)16/h2-9,21H,1H3/b20-9-. The number of anilines is 1. The van der Waals surface area contributed by atoms with Gasteiger partial charge in [0, 0.05) is 0 Å². The molecule has 6 heteroatoms. The van der Waals surface area contributed by atoms with Crippen LogP contribution in [0, 0.1) is 6.92 Å². The molecule has 0 fully saturated rings. The SMILES string of the molecule is Cc1ccc(/C=N\Nc2cc(C(F)(F)F)ccc2Cl)cc1. The van der Waals surface area contributed by atoms with E-state index in [1.165, 1.54) is 12.3 Å². The maximum Gasteiger partial charge on any atom is 0.416 e. The molecule has 0 heterocycles. The van der Waals surface area contributed by atoms with E-state index in [9.17, 15) is 13.2 Å². The Balaban J connectivity index is 2.14. The minimum Gasteiger partial charge on any atom is -0.277 e. The average molecular weight is 313 g/mol. The fourth-order valence-electron chi connectivity index (χ4n) is 1.62. The first-order chi connectivity index (χ1) is 9.86. The second kappa shape index (κ2) is 6.18. The predicted octanol–water partition coefficient (Wildman–Crippen LogP) is 5.11. The van der Waals surface area contributed by atoms with Crippen LogP contribution < -0.4 is 5.43 Å². The van der Waals surface area contributed by atoms with Crippen LogP contribution in [0.25, 0.3) is 0 Å². The molecule has 0 aliphatic rings. The molecule has 0 aliphatic carbocycles. The number of aryl methyl sites for hydroxylation is 1. The highest BCUT2D eigenvalue weighted by atomic mass is 35.5. The van der Waals surface area contributed by atoms with Crippen molar-refractivity contribution in [3.05, 3.63) is 64.2 Å². The third-order valence-corrected chi connectivity index (χ3v) is 3.10. The van der Waals surface area contributed by atoms with Crippen LogP contribution in [0.4, 0.5) is 18.9 Å². The summed E-state index contributed by atoms with van der Waals surface area (Å²) in [5, 5.41) is 4.07. The number of hydrazone groups is 1. The van der Waals surface area contributed by atoms with E-state index < -0.39 is 11.7 Å². The summed E-state index contributed by atoms with van der Waals surface area (Å²) in [4.78, 5) is 0. The Morgan fingerprint density at radius 1 is 1.10 bits per heavy atom. The Bertz CT molecular complexity index is 649. The Morgan fingerprint density at radius 2 is 1.76 bits per heavy atom. The Hall–Kier alpha value is -2.01. The van der Waals surface area contributed by atoms with E-state index in [4.69, 9.17) is 11.6 Å². The van der Waals surface area contributed by atoms with E-state index in [-0.39, 0.29) is 10.7 Å². The summed E-state index contributed by atoms with van der Waals surface area (Å²) < 4.78 is 37.8. The van der Waals surface area contributed by atoms with E-state index >= 15 is 0 Å². The van der Waals surface area contributed by atoms with Crippen molar-refractivity contribution in [3.8, 4) is 0 Å². The van der Waals surface area contributed by atoms with Crippen LogP contribution in [0.2, 0.25) is 5.02 Å². The lowest BCUT2D eigenvalue weighted by Gasteiger charge is -2.09. The highest BCUT2D eigenvalue weighted by Crippen LogP contribution is 2.33. The van der Waals surface area contributed by atoms with E-state index in [0.29, 0.717) is 0 Å². The van der Waals surface area contributed by atoms with Gasteiger partial charge in [-0.25, -0.2) is 0 Å². The highest BCUT2D eigenvalue weighted by Gasteiger charge is 2.30. The van der Waals surface area contributed by atoms with Crippen LogP contribution in [0.15, 0.2) is 47.6 Å². The summed E-state index contributed by atoms with van der Waals surface area (Å²) in [6, 6.07) is 10.6. The normalized spacial score (nSPS) is 11.9. The van der Waals surface area contributed by atoms with Gasteiger partial charge in [-0.1, -0.05) is 41.4 Å². The Kier molecular flexibility index (Phi) is 4.53. The largest absolute Gasteiger partial charge is 0.416 e. The zero-order valence-corrected chi connectivity index (χ0v) is 11.8. The number of hydrogen-bond acceptors (Lipinski definition) is 2. The van der Waals surface area contributed by atoms with Crippen molar-refractivity contribution >= 4 is 23.5 Å². The molecular weight excluding hydrogens is 301 g/mol. The smallest absolute Gasteiger partial charge is 0.277 e. The molecule has 0 spiro atoms. The van der Waals surface area contributed by atoms with Crippen LogP contribution in [0.3, 0.4) is 0 Å². The van der Waals surface area contributed by atoms with Gasteiger partial charge in [0.2, 0.25) is 0 Å². The molecule has 2 aromatic carbocycles. The third-order valence-electron chi connectivity index (χ3n) is 2.77. The number of nitrogens with zero attached hydrogens (tertiary/aromatic N) is 1. The highest BCUT2D eigenvalue weighted by molar-refractivity contribution is 6.33. The summed E-state index contributed by atoms with van der Waals surface area (Å²) in [5.74, 6) is 0. The lowest BCUT2D eigenvalue weighted by atomic mass is 10.2. The van der Waals surface area contributed by atoms with Crippen molar-refractivity contribution in [1.82, 2.24) is 0 Å². The maximum absolute atomic E-state index is 12.6. The third kappa shape index (κ3) is 4.23. The van der Waals surface area contributed by atoms with Gasteiger partial charge in [-0.2, -0.15) is 18.3 Å². The Labute approximate surface area is 125 Å². The van der Waals surface area contributed by atoms with Gasteiger partial charge >= 0.3 is 6.18 Å².